The Morgan fingerprint density at radius 3 is 2.29 bits per heavy atom. The fraction of sp³-hybridized carbons (Fsp3) is 0.462. The van der Waals surface area contributed by atoms with Crippen LogP contribution in [0.5, 0.6) is 0 Å². The van der Waals surface area contributed by atoms with E-state index < -0.39 is 0 Å². The van der Waals surface area contributed by atoms with E-state index in [1.54, 1.807) is 0 Å². The summed E-state index contributed by atoms with van der Waals surface area (Å²) in [4.78, 5) is 0. The Kier molecular flexibility index (Phi) is 4.15. The molecule has 0 aliphatic carbocycles. The maximum atomic E-state index is 9.04. The molecule has 0 spiro atoms. The van der Waals surface area contributed by atoms with Crippen molar-refractivity contribution in [3.05, 3.63) is 40.8 Å². The third-order valence-electron chi connectivity index (χ3n) is 2.70. The summed E-state index contributed by atoms with van der Waals surface area (Å²) in [7, 11) is 0. The lowest BCUT2D eigenvalue weighted by Gasteiger charge is -2.12. The van der Waals surface area contributed by atoms with E-state index in [9.17, 15) is 0 Å². The molecule has 0 aliphatic heterocycles. The van der Waals surface area contributed by atoms with E-state index in [0.717, 1.165) is 18.8 Å². The van der Waals surface area contributed by atoms with Crippen LogP contribution < -0.4 is 0 Å². The third-order valence-corrected chi connectivity index (χ3v) is 2.70. The highest BCUT2D eigenvalue weighted by Gasteiger charge is 2.06. The van der Waals surface area contributed by atoms with Gasteiger partial charge in [0.1, 0.15) is 0 Å². The summed E-state index contributed by atoms with van der Waals surface area (Å²) in [6.07, 6.45) is 2.15. The maximum Gasteiger partial charge on any atom is 0.0534 e. The highest BCUT2D eigenvalue weighted by atomic mass is 16.3. The van der Waals surface area contributed by atoms with E-state index >= 15 is 0 Å². The Hall–Kier alpha value is -0.820. The van der Waals surface area contributed by atoms with Crippen molar-refractivity contribution >= 4 is 0 Å². The lowest BCUT2D eigenvalue weighted by atomic mass is 9.94. The first-order chi connectivity index (χ1) is 6.72. The van der Waals surface area contributed by atoms with Crippen LogP contribution in [0.25, 0.3) is 0 Å². The number of hydrogen-bond acceptors (Lipinski definition) is 1. The molecule has 0 fully saturated rings. The monoisotopic (exact) mass is 191 g/mol. The SMILES string of the molecule is CCc1ccc([C](C)CO)cc1CC. The fourth-order valence-corrected chi connectivity index (χ4v) is 1.66. The van der Waals surface area contributed by atoms with E-state index in [1.807, 2.05) is 6.92 Å². The van der Waals surface area contributed by atoms with E-state index in [0.29, 0.717) is 0 Å². The zero-order chi connectivity index (χ0) is 10.6. The topological polar surface area (TPSA) is 20.2 Å². The average Bonchev–Trinajstić information content (AvgIpc) is 2.26. The Balaban J connectivity index is 3.01. The van der Waals surface area contributed by atoms with Crippen LogP contribution in [0.15, 0.2) is 18.2 Å². The molecule has 0 aliphatic rings. The van der Waals surface area contributed by atoms with Crippen molar-refractivity contribution in [1.82, 2.24) is 0 Å². The Bertz CT molecular complexity index is 291. The maximum absolute atomic E-state index is 9.04. The van der Waals surface area contributed by atoms with Gasteiger partial charge in [-0.3, -0.25) is 0 Å². The van der Waals surface area contributed by atoms with E-state index in [-0.39, 0.29) is 6.61 Å². The molecule has 1 nitrogen and oxygen atoms in total. The second-order valence-electron chi connectivity index (χ2n) is 3.63. The zero-order valence-electron chi connectivity index (χ0n) is 9.30. The van der Waals surface area contributed by atoms with E-state index in [1.165, 1.54) is 16.7 Å². The molecule has 1 aromatic carbocycles. The van der Waals surface area contributed by atoms with Gasteiger partial charge in [0, 0.05) is 5.92 Å². The summed E-state index contributed by atoms with van der Waals surface area (Å²) in [5, 5.41) is 9.04. The standard InChI is InChI=1S/C13H19O/c1-4-11-6-7-13(10(3)9-14)8-12(11)5-2/h6-8,14H,4-5,9H2,1-3H3. The largest absolute Gasteiger partial charge is 0.395 e. The highest BCUT2D eigenvalue weighted by Crippen LogP contribution is 2.19. The number of aryl methyl sites for hydroxylation is 2. The van der Waals surface area contributed by atoms with Crippen LogP contribution in [0.4, 0.5) is 0 Å². The van der Waals surface area contributed by atoms with Crippen LogP contribution in [0.1, 0.15) is 37.5 Å². The molecule has 1 aromatic rings. The molecule has 14 heavy (non-hydrogen) atoms. The minimum absolute atomic E-state index is 0.147. The van der Waals surface area contributed by atoms with Gasteiger partial charge in [0.25, 0.3) is 0 Å². The molecule has 0 bridgehead atoms. The summed E-state index contributed by atoms with van der Waals surface area (Å²) in [6, 6.07) is 6.47. The van der Waals surface area contributed by atoms with Gasteiger partial charge < -0.3 is 5.11 Å². The van der Waals surface area contributed by atoms with Crippen LogP contribution in [0, 0.1) is 5.92 Å². The van der Waals surface area contributed by atoms with Gasteiger partial charge in [-0.1, -0.05) is 39.0 Å². The summed E-state index contributed by atoms with van der Waals surface area (Å²) in [5.74, 6) is 1.04. The third kappa shape index (κ3) is 2.36. The normalized spacial score (nSPS) is 10.9. The molecule has 0 unspecified atom stereocenters. The molecule has 0 amide bonds. The number of rotatable bonds is 4. The molecule has 1 radical (unpaired) electrons. The second kappa shape index (κ2) is 5.16. The number of hydrogen-bond donors (Lipinski definition) is 1. The van der Waals surface area contributed by atoms with Gasteiger partial charge in [0.2, 0.25) is 0 Å². The zero-order valence-corrected chi connectivity index (χ0v) is 9.30. The summed E-state index contributed by atoms with van der Waals surface area (Å²) in [5.41, 5.74) is 3.99. The summed E-state index contributed by atoms with van der Waals surface area (Å²) < 4.78 is 0. The van der Waals surface area contributed by atoms with Crippen molar-refractivity contribution in [2.45, 2.75) is 33.6 Å². The predicted octanol–water partition coefficient (Wildman–Crippen LogP) is 2.75. The van der Waals surface area contributed by atoms with E-state index in [4.69, 9.17) is 5.11 Å². The Morgan fingerprint density at radius 2 is 1.79 bits per heavy atom. The van der Waals surface area contributed by atoms with Crippen LogP contribution in [-0.2, 0) is 12.8 Å². The first-order valence-corrected chi connectivity index (χ1v) is 5.28. The molecule has 0 heterocycles. The van der Waals surface area contributed by atoms with Gasteiger partial charge in [-0.2, -0.15) is 0 Å². The Morgan fingerprint density at radius 1 is 1.14 bits per heavy atom. The Labute approximate surface area is 86.8 Å². The predicted molar refractivity (Wildman–Crippen MR) is 60.3 cm³/mol. The van der Waals surface area contributed by atoms with Crippen LogP contribution in [0.2, 0.25) is 0 Å². The van der Waals surface area contributed by atoms with Gasteiger partial charge in [-0.05, 0) is 29.5 Å². The number of aliphatic hydroxyl groups is 1. The molecule has 1 heteroatoms. The molecule has 0 aromatic heterocycles. The van der Waals surface area contributed by atoms with Gasteiger partial charge in [0.15, 0.2) is 0 Å². The van der Waals surface area contributed by atoms with Crippen molar-refractivity contribution in [3.63, 3.8) is 0 Å². The van der Waals surface area contributed by atoms with Crippen LogP contribution in [-0.4, -0.2) is 11.7 Å². The molecule has 1 rings (SSSR count). The molecule has 0 atom stereocenters. The minimum Gasteiger partial charge on any atom is -0.395 e. The smallest absolute Gasteiger partial charge is 0.0534 e. The first kappa shape index (κ1) is 11.3. The van der Waals surface area contributed by atoms with Gasteiger partial charge >= 0.3 is 0 Å². The number of benzene rings is 1. The highest BCUT2D eigenvalue weighted by molar-refractivity contribution is 5.38. The van der Waals surface area contributed by atoms with Crippen molar-refractivity contribution in [2.24, 2.45) is 0 Å². The molecule has 0 saturated carbocycles. The van der Waals surface area contributed by atoms with Crippen LogP contribution in [0.3, 0.4) is 0 Å². The molecule has 0 saturated heterocycles. The first-order valence-electron chi connectivity index (χ1n) is 5.28. The lowest BCUT2D eigenvalue weighted by molar-refractivity contribution is 0.315. The molecule has 77 valence electrons. The van der Waals surface area contributed by atoms with Gasteiger partial charge in [-0.25, -0.2) is 0 Å². The number of aliphatic hydroxyl groups excluding tert-OH is 1. The second-order valence-corrected chi connectivity index (χ2v) is 3.63. The van der Waals surface area contributed by atoms with Crippen molar-refractivity contribution < 1.29 is 5.11 Å². The fourth-order valence-electron chi connectivity index (χ4n) is 1.66. The van der Waals surface area contributed by atoms with Crippen molar-refractivity contribution in [2.75, 3.05) is 6.61 Å². The average molecular weight is 191 g/mol. The van der Waals surface area contributed by atoms with Crippen LogP contribution >= 0.6 is 0 Å². The summed E-state index contributed by atoms with van der Waals surface area (Å²) in [6.45, 7) is 6.47. The summed E-state index contributed by atoms with van der Waals surface area (Å²) >= 11 is 0. The molecule has 1 N–H and O–H groups in total. The lowest BCUT2D eigenvalue weighted by Crippen LogP contribution is -2.02. The van der Waals surface area contributed by atoms with Gasteiger partial charge in [-0.15, -0.1) is 0 Å². The minimum atomic E-state index is 0.147. The van der Waals surface area contributed by atoms with Gasteiger partial charge in [0.05, 0.1) is 6.61 Å². The van der Waals surface area contributed by atoms with Crippen molar-refractivity contribution in [3.8, 4) is 0 Å². The van der Waals surface area contributed by atoms with E-state index in [2.05, 4.69) is 32.0 Å². The molecular weight excluding hydrogens is 172 g/mol. The molecular formula is C13H19O. The quantitative estimate of drug-likeness (QED) is 0.776. The van der Waals surface area contributed by atoms with Crippen molar-refractivity contribution in [1.29, 1.82) is 0 Å².